The van der Waals surface area contributed by atoms with E-state index in [1.165, 1.54) is 7.11 Å². The normalized spacial score (nSPS) is 10.2. The predicted octanol–water partition coefficient (Wildman–Crippen LogP) is 1.62. The molecule has 0 fully saturated rings. The van der Waals surface area contributed by atoms with E-state index >= 15 is 0 Å². The van der Waals surface area contributed by atoms with E-state index in [0.717, 1.165) is 12.2 Å². The number of nitrogens with zero attached hydrogens (tertiary/aromatic N) is 3. The third kappa shape index (κ3) is 2.18. The predicted molar refractivity (Wildman–Crippen MR) is 62.1 cm³/mol. The van der Waals surface area contributed by atoms with Crippen LogP contribution < -0.4 is 0 Å². The van der Waals surface area contributed by atoms with Crippen molar-refractivity contribution in [1.82, 2.24) is 14.5 Å². The summed E-state index contributed by atoms with van der Waals surface area (Å²) < 4.78 is 6.53. The zero-order chi connectivity index (χ0) is 12.3. The molecule has 0 radical (unpaired) electrons. The Hall–Kier alpha value is -2.17. The molecule has 0 aromatic carbocycles. The van der Waals surface area contributed by atoms with Gasteiger partial charge in [0.15, 0.2) is 0 Å². The highest BCUT2D eigenvalue weighted by Crippen LogP contribution is 2.11. The van der Waals surface area contributed by atoms with Crippen molar-refractivity contribution in [3.63, 3.8) is 0 Å². The third-order valence-electron chi connectivity index (χ3n) is 2.45. The molecular weight excluding hydrogens is 218 g/mol. The van der Waals surface area contributed by atoms with Crippen LogP contribution in [-0.4, -0.2) is 27.6 Å². The third-order valence-corrected chi connectivity index (χ3v) is 2.45. The molecule has 0 amide bonds. The van der Waals surface area contributed by atoms with Crippen LogP contribution in [0.25, 0.3) is 5.82 Å². The summed E-state index contributed by atoms with van der Waals surface area (Å²) >= 11 is 0. The Bertz CT molecular complexity index is 534. The second kappa shape index (κ2) is 4.78. The first-order valence-corrected chi connectivity index (χ1v) is 5.33. The van der Waals surface area contributed by atoms with Crippen molar-refractivity contribution >= 4 is 5.97 Å². The maximum atomic E-state index is 11.4. The lowest BCUT2D eigenvalue weighted by Crippen LogP contribution is -2.06. The highest BCUT2D eigenvalue weighted by atomic mass is 16.5. The Kier molecular flexibility index (Phi) is 3.18. The minimum absolute atomic E-state index is 0.369. The molecule has 0 N–H and O–H groups in total. The number of methoxy groups -OCH3 is 1. The first kappa shape index (κ1) is 11.3. The number of aromatic nitrogens is 3. The van der Waals surface area contributed by atoms with Gasteiger partial charge >= 0.3 is 5.97 Å². The summed E-state index contributed by atoms with van der Waals surface area (Å²) in [4.78, 5) is 19.8. The van der Waals surface area contributed by atoms with Crippen LogP contribution in [0.5, 0.6) is 0 Å². The van der Waals surface area contributed by atoms with E-state index in [-0.39, 0.29) is 5.97 Å². The summed E-state index contributed by atoms with van der Waals surface area (Å²) in [6.07, 6.45) is 5.92. The molecule has 88 valence electrons. The first-order chi connectivity index (χ1) is 8.26. The van der Waals surface area contributed by atoms with Gasteiger partial charge in [0.05, 0.1) is 12.7 Å². The quantitative estimate of drug-likeness (QED) is 0.753. The number of carbonyl (C=O) groups is 1. The van der Waals surface area contributed by atoms with Gasteiger partial charge in [-0.3, -0.25) is 4.57 Å². The maximum Gasteiger partial charge on any atom is 0.338 e. The van der Waals surface area contributed by atoms with Crippen molar-refractivity contribution in [3.05, 3.63) is 42.1 Å². The molecule has 2 heterocycles. The highest BCUT2D eigenvalue weighted by Gasteiger charge is 2.09. The van der Waals surface area contributed by atoms with Gasteiger partial charge in [-0.25, -0.2) is 14.8 Å². The molecule has 17 heavy (non-hydrogen) atoms. The van der Waals surface area contributed by atoms with Crippen LogP contribution in [-0.2, 0) is 11.2 Å². The molecule has 0 aliphatic heterocycles. The van der Waals surface area contributed by atoms with Gasteiger partial charge in [0.2, 0.25) is 0 Å². The molecule has 0 spiro atoms. The minimum Gasteiger partial charge on any atom is -0.465 e. The summed E-state index contributed by atoms with van der Waals surface area (Å²) in [6, 6.07) is 3.31. The zero-order valence-electron chi connectivity index (χ0n) is 9.75. The van der Waals surface area contributed by atoms with E-state index in [0.29, 0.717) is 11.4 Å². The Morgan fingerprint density at radius 3 is 2.94 bits per heavy atom. The summed E-state index contributed by atoms with van der Waals surface area (Å²) in [5.41, 5.74) is 0.480. The Morgan fingerprint density at radius 2 is 2.24 bits per heavy atom. The Labute approximate surface area is 99.1 Å². The van der Waals surface area contributed by atoms with Crippen LogP contribution in [0.4, 0.5) is 0 Å². The fourth-order valence-electron chi connectivity index (χ4n) is 1.60. The van der Waals surface area contributed by atoms with Crippen molar-refractivity contribution in [1.29, 1.82) is 0 Å². The van der Waals surface area contributed by atoms with E-state index < -0.39 is 0 Å². The van der Waals surface area contributed by atoms with Crippen LogP contribution in [0, 0.1) is 0 Å². The van der Waals surface area contributed by atoms with Crippen molar-refractivity contribution in [3.8, 4) is 5.82 Å². The van der Waals surface area contributed by atoms with Crippen molar-refractivity contribution in [2.24, 2.45) is 0 Å². The summed E-state index contributed by atoms with van der Waals surface area (Å²) in [6.45, 7) is 2.02. The van der Waals surface area contributed by atoms with Gasteiger partial charge in [-0.15, -0.1) is 0 Å². The van der Waals surface area contributed by atoms with Crippen molar-refractivity contribution < 1.29 is 9.53 Å². The lowest BCUT2D eigenvalue weighted by molar-refractivity contribution is 0.0600. The standard InChI is InChI=1S/C12H13N3O2/c1-3-10-14-6-7-15(10)11-8-9(4-5-13-11)12(16)17-2/h4-8H,3H2,1-2H3. The number of esters is 1. The van der Waals surface area contributed by atoms with Gasteiger partial charge in [0.1, 0.15) is 11.6 Å². The van der Waals surface area contributed by atoms with Crippen LogP contribution in [0.1, 0.15) is 23.1 Å². The number of imidazole rings is 1. The smallest absolute Gasteiger partial charge is 0.338 e. The average Bonchev–Trinajstić information content (AvgIpc) is 2.86. The van der Waals surface area contributed by atoms with Crippen LogP contribution in [0.15, 0.2) is 30.7 Å². The van der Waals surface area contributed by atoms with E-state index in [1.54, 1.807) is 24.5 Å². The molecular formula is C12H13N3O2. The monoisotopic (exact) mass is 231 g/mol. The lowest BCUT2D eigenvalue weighted by Gasteiger charge is -2.06. The molecule has 2 aromatic heterocycles. The second-order valence-electron chi connectivity index (χ2n) is 3.46. The second-order valence-corrected chi connectivity index (χ2v) is 3.46. The molecule has 0 aliphatic rings. The summed E-state index contributed by atoms with van der Waals surface area (Å²) in [5.74, 6) is 1.20. The number of hydrogen-bond donors (Lipinski definition) is 0. The largest absolute Gasteiger partial charge is 0.465 e. The highest BCUT2D eigenvalue weighted by molar-refractivity contribution is 5.89. The molecule has 0 atom stereocenters. The van der Waals surface area contributed by atoms with Gasteiger partial charge in [0, 0.05) is 25.0 Å². The van der Waals surface area contributed by atoms with E-state index in [9.17, 15) is 4.79 Å². The lowest BCUT2D eigenvalue weighted by atomic mass is 10.2. The van der Waals surface area contributed by atoms with Gasteiger partial charge < -0.3 is 4.74 Å². The molecule has 0 saturated heterocycles. The van der Waals surface area contributed by atoms with E-state index in [4.69, 9.17) is 0 Å². The van der Waals surface area contributed by atoms with Crippen LogP contribution in [0.3, 0.4) is 0 Å². The molecule has 0 unspecified atom stereocenters. The Balaban J connectivity index is 2.43. The van der Waals surface area contributed by atoms with Gasteiger partial charge in [-0.1, -0.05) is 6.92 Å². The summed E-state index contributed by atoms with van der Waals surface area (Å²) in [5, 5.41) is 0. The number of carbonyl (C=O) groups excluding carboxylic acids is 1. The molecule has 0 saturated carbocycles. The zero-order valence-corrected chi connectivity index (χ0v) is 9.75. The van der Waals surface area contributed by atoms with Gasteiger partial charge in [-0.05, 0) is 12.1 Å². The molecule has 2 rings (SSSR count). The molecule has 5 heteroatoms. The molecule has 0 bridgehead atoms. The number of pyridine rings is 1. The van der Waals surface area contributed by atoms with E-state index in [1.807, 2.05) is 17.7 Å². The first-order valence-electron chi connectivity index (χ1n) is 5.33. The van der Waals surface area contributed by atoms with Gasteiger partial charge in [0.25, 0.3) is 0 Å². The molecule has 5 nitrogen and oxygen atoms in total. The van der Waals surface area contributed by atoms with E-state index in [2.05, 4.69) is 14.7 Å². The number of rotatable bonds is 3. The minimum atomic E-state index is -0.369. The summed E-state index contributed by atoms with van der Waals surface area (Å²) in [7, 11) is 1.36. The number of aryl methyl sites for hydroxylation is 1. The van der Waals surface area contributed by atoms with Crippen LogP contribution in [0.2, 0.25) is 0 Å². The number of hydrogen-bond acceptors (Lipinski definition) is 4. The molecule has 2 aromatic rings. The van der Waals surface area contributed by atoms with Crippen molar-refractivity contribution in [2.45, 2.75) is 13.3 Å². The van der Waals surface area contributed by atoms with Crippen molar-refractivity contribution in [2.75, 3.05) is 7.11 Å². The Morgan fingerprint density at radius 1 is 1.41 bits per heavy atom. The van der Waals surface area contributed by atoms with Gasteiger partial charge in [-0.2, -0.15) is 0 Å². The fourth-order valence-corrected chi connectivity index (χ4v) is 1.60. The fraction of sp³-hybridized carbons (Fsp3) is 0.250. The number of ether oxygens (including phenoxy) is 1. The molecule has 0 aliphatic carbocycles. The van der Waals surface area contributed by atoms with Crippen LogP contribution >= 0.6 is 0 Å². The maximum absolute atomic E-state index is 11.4. The average molecular weight is 231 g/mol. The topological polar surface area (TPSA) is 57.0 Å². The SMILES string of the molecule is CCc1nccn1-c1cc(C(=O)OC)ccn1.